The number of allylic oxidation sites excluding steroid dienone is 1. The fourth-order valence-corrected chi connectivity index (χ4v) is 13.8. The van der Waals surface area contributed by atoms with Crippen LogP contribution < -0.4 is 5.32 Å². The number of ether oxygens (including phenoxy) is 4. The van der Waals surface area contributed by atoms with Gasteiger partial charge in [0, 0.05) is 40.8 Å². The maximum atomic E-state index is 14.5. The van der Waals surface area contributed by atoms with Crippen molar-refractivity contribution in [2.24, 2.45) is 45.8 Å². The van der Waals surface area contributed by atoms with Gasteiger partial charge in [-0.2, -0.15) is 0 Å². The topological polar surface area (TPSA) is 140 Å². The molecule has 8 fully saturated rings. The van der Waals surface area contributed by atoms with Crippen LogP contribution in [0.4, 0.5) is 0 Å². The molecule has 0 aromatic carbocycles. The van der Waals surface area contributed by atoms with E-state index < -0.39 is 63.8 Å². The maximum Gasteiger partial charge on any atom is 0.339 e. The van der Waals surface area contributed by atoms with Gasteiger partial charge in [-0.25, -0.2) is 4.79 Å². The molecule has 5 saturated heterocycles. The van der Waals surface area contributed by atoms with Gasteiger partial charge in [-0.1, -0.05) is 26.3 Å². The molecule has 6 aliphatic heterocycles. The van der Waals surface area contributed by atoms with Gasteiger partial charge in [-0.05, 0) is 81.9 Å². The van der Waals surface area contributed by atoms with Crippen LogP contribution in [0.3, 0.4) is 0 Å². The molecule has 1 aromatic heterocycles. The van der Waals surface area contributed by atoms with Crippen molar-refractivity contribution in [2.45, 2.75) is 121 Å². The molecular formula is C39H50N2O9. The zero-order valence-electron chi connectivity index (χ0n) is 29.5. The number of aryl methyl sites for hydroxylation is 1. The Balaban J connectivity index is 0.958. The molecule has 270 valence electrons. The lowest BCUT2D eigenvalue weighted by molar-refractivity contribution is -0.252. The summed E-state index contributed by atoms with van der Waals surface area (Å²) in [5, 5.41) is 15.8. The number of aliphatic hydroxyl groups excluding tert-OH is 1. The molecule has 14 atom stereocenters. The molecule has 0 bridgehead atoms. The molecular weight excluding hydrogens is 640 g/mol. The fourth-order valence-electron chi connectivity index (χ4n) is 13.8. The highest BCUT2D eigenvalue weighted by atomic mass is 16.7. The third-order valence-electron chi connectivity index (χ3n) is 15.9. The minimum atomic E-state index is -1.39. The second-order valence-corrected chi connectivity index (χ2v) is 18.1. The summed E-state index contributed by atoms with van der Waals surface area (Å²) in [6.45, 7) is 9.87. The van der Waals surface area contributed by atoms with Crippen LogP contribution in [0.25, 0.3) is 0 Å². The first-order chi connectivity index (χ1) is 23.9. The largest absolute Gasteiger partial charge is 0.469 e. The first-order valence-electron chi connectivity index (χ1n) is 19.0. The number of furan rings is 1. The fraction of sp³-hybridized carbons (Fsp3) is 0.769. The average molecular weight is 691 g/mol. The standard InChI is InChI=1S/C39H50N2O9/c1-35(2)30-29(43)31(44)37(4)26(38(30)18-47-28(42)16-27(38)49-35)9-12-36(3)32(48-34(45)33-39(36,37)50-33)23-11-14-46-25(23)8-6-20-5-7-22-21(15-20)10-13-41-19-40-17-24(22)41/h10-11,13-14,20-22,24,26-27,30-33,40,44H,5-9,12,15-19H2,1-4H3. The highest BCUT2D eigenvalue weighted by Gasteiger charge is 2.90. The number of carbonyl (C=O) groups is 3. The third-order valence-corrected chi connectivity index (χ3v) is 15.9. The van der Waals surface area contributed by atoms with Crippen molar-refractivity contribution in [1.29, 1.82) is 0 Å². The van der Waals surface area contributed by atoms with Crippen LogP contribution >= 0.6 is 0 Å². The molecule has 3 saturated carbocycles. The van der Waals surface area contributed by atoms with Crippen LogP contribution in [0.1, 0.15) is 90.1 Å². The molecule has 11 heteroatoms. The van der Waals surface area contributed by atoms with E-state index in [9.17, 15) is 19.5 Å². The lowest BCUT2D eigenvalue weighted by atomic mass is 9.36. The Morgan fingerprint density at radius 1 is 1.06 bits per heavy atom. The Hall–Kier alpha value is -2.73. The van der Waals surface area contributed by atoms with E-state index in [1.165, 1.54) is 19.3 Å². The Bertz CT molecular complexity index is 1690. The van der Waals surface area contributed by atoms with Gasteiger partial charge in [0.2, 0.25) is 0 Å². The van der Waals surface area contributed by atoms with Crippen LogP contribution in [0, 0.1) is 45.8 Å². The summed E-state index contributed by atoms with van der Waals surface area (Å²) in [7, 11) is 0. The van der Waals surface area contributed by atoms with Crippen molar-refractivity contribution in [2.75, 3.05) is 19.8 Å². The second-order valence-electron chi connectivity index (χ2n) is 18.1. The quantitative estimate of drug-likeness (QED) is 0.352. The smallest absolute Gasteiger partial charge is 0.339 e. The van der Waals surface area contributed by atoms with Crippen molar-refractivity contribution in [1.82, 2.24) is 10.2 Å². The first-order valence-corrected chi connectivity index (χ1v) is 19.0. The normalized spacial score (nSPS) is 50.9. The Labute approximate surface area is 292 Å². The summed E-state index contributed by atoms with van der Waals surface area (Å²) in [6, 6.07) is 2.55. The summed E-state index contributed by atoms with van der Waals surface area (Å²) in [4.78, 5) is 43.4. The van der Waals surface area contributed by atoms with E-state index in [4.69, 9.17) is 23.4 Å². The number of esters is 2. The van der Waals surface area contributed by atoms with Crippen LogP contribution in [0.2, 0.25) is 0 Å². The van der Waals surface area contributed by atoms with Crippen molar-refractivity contribution < 1.29 is 42.9 Å². The van der Waals surface area contributed by atoms with Gasteiger partial charge >= 0.3 is 11.9 Å². The van der Waals surface area contributed by atoms with Crippen LogP contribution in [-0.2, 0) is 39.8 Å². The first kappa shape index (κ1) is 32.0. The molecule has 7 heterocycles. The molecule has 14 unspecified atom stereocenters. The predicted octanol–water partition coefficient (Wildman–Crippen LogP) is 3.83. The van der Waals surface area contributed by atoms with E-state index in [0.29, 0.717) is 36.6 Å². The number of hydrogen-bond acceptors (Lipinski definition) is 11. The zero-order valence-corrected chi connectivity index (χ0v) is 29.5. The molecule has 3 aliphatic carbocycles. The number of nitrogens with zero attached hydrogens (tertiary/aromatic N) is 1. The number of epoxide rings is 1. The van der Waals surface area contributed by atoms with Gasteiger partial charge in [-0.3, -0.25) is 14.9 Å². The number of ketones is 1. The van der Waals surface area contributed by atoms with Crippen molar-refractivity contribution in [3.8, 4) is 0 Å². The number of nitrogens with one attached hydrogen (secondary N) is 1. The second kappa shape index (κ2) is 10.2. The van der Waals surface area contributed by atoms with Crippen LogP contribution in [0.15, 0.2) is 29.0 Å². The van der Waals surface area contributed by atoms with Crippen LogP contribution in [0.5, 0.6) is 0 Å². The van der Waals surface area contributed by atoms with Crippen LogP contribution in [-0.4, -0.2) is 83.1 Å². The molecule has 0 radical (unpaired) electrons. The van der Waals surface area contributed by atoms with Gasteiger partial charge in [0.05, 0.1) is 37.0 Å². The number of fused-ring (bicyclic) bond motifs is 4. The van der Waals surface area contributed by atoms with E-state index in [1.54, 1.807) is 6.26 Å². The Morgan fingerprint density at radius 2 is 1.90 bits per heavy atom. The lowest BCUT2D eigenvalue weighted by Gasteiger charge is -2.66. The number of hydrogen-bond donors (Lipinski definition) is 2. The molecule has 9 aliphatic rings. The molecule has 10 rings (SSSR count). The number of rotatable bonds is 4. The Morgan fingerprint density at radius 3 is 2.74 bits per heavy atom. The molecule has 11 nitrogen and oxygen atoms in total. The van der Waals surface area contributed by atoms with Gasteiger partial charge in [0.1, 0.15) is 30.2 Å². The monoisotopic (exact) mass is 690 g/mol. The summed E-state index contributed by atoms with van der Waals surface area (Å²) in [5.41, 5.74) is -3.91. The molecule has 1 aromatic rings. The van der Waals surface area contributed by atoms with E-state index in [1.807, 2.05) is 26.8 Å². The SMILES string of the molecule is CC1(C)OC2CC(=O)OCC23C1C(=O)C(O)C1(C)C3CCC2(C)C(c3ccoc3CCC3CCC4C(C=CN5CNCC45)C3)OC(=O)C3OC321. The van der Waals surface area contributed by atoms with E-state index in [-0.39, 0.29) is 30.7 Å². The van der Waals surface area contributed by atoms with E-state index in [2.05, 4.69) is 29.4 Å². The summed E-state index contributed by atoms with van der Waals surface area (Å²) in [5.74, 6) is 0.669. The van der Waals surface area contributed by atoms with Gasteiger partial charge in [0.25, 0.3) is 0 Å². The molecule has 2 spiro atoms. The average Bonchev–Trinajstić information content (AvgIpc) is 3.34. The van der Waals surface area contributed by atoms with E-state index in [0.717, 1.165) is 37.4 Å². The van der Waals surface area contributed by atoms with Gasteiger partial charge in [0.15, 0.2) is 11.9 Å². The number of cyclic esters (lactones) is 2. The zero-order chi connectivity index (χ0) is 34.6. The predicted molar refractivity (Wildman–Crippen MR) is 176 cm³/mol. The Kier molecular flexibility index (Phi) is 6.54. The summed E-state index contributed by atoms with van der Waals surface area (Å²) < 4.78 is 31.4. The highest BCUT2D eigenvalue weighted by molar-refractivity contribution is 5.92. The minimum Gasteiger partial charge on any atom is -0.469 e. The summed E-state index contributed by atoms with van der Waals surface area (Å²) >= 11 is 0. The van der Waals surface area contributed by atoms with Crippen molar-refractivity contribution in [3.63, 3.8) is 0 Å². The number of carbonyl (C=O) groups excluding carboxylic acids is 3. The lowest BCUT2D eigenvalue weighted by Crippen LogP contribution is -2.76. The summed E-state index contributed by atoms with van der Waals surface area (Å²) in [6.07, 6.45) is 9.64. The van der Waals surface area contributed by atoms with Gasteiger partial charge < -0.3 is 33.4 Å². The molecule has 0 amide bonds. The number of Topliss-reactive ketones (excluding diaryl/α,β-unsaturated/α-hetero) is 1. The highest BCUT2D eigenvalue weighted by Crippen LogP contribution is 2.80. The minimum absolute atomic E-state index is 0.0505. The van der Waals surface area contributed by atoms with E-state index >= 15 is 0 Å². The van der Waals surface area contributed by atoms with Crippen molar-refractivity contribution >= 4 is 17.7 Å². The molecule has 2 N–H and O–H groups in total. The van der Waals surface area contributed by atoms with Crippen molar-refractivity contribution in [3.05, 3.63) is 35.9 Å². The third kappa shape index (κ3) is 3.73. The molecule has 50 heavy (non-hydrogen) atoms. The van der Waals surface area contributed by atoms with Gasteiger partial charge in [-0.15, -0.1) is 0 Å². The maximum absolute atomic E-state index is 14.5. The number of aliphatic hydroxyl groups is 1.